The van der Waals surface area contributed by atoms with Crippen LogP contribution in [0.25, 0.3) is 21.8 Å². The molecule has 0 spiro atoms. The van der Waals surface area contributed by atoms with E-state index >= 15 is 0 Å². The van der Waals surface area contributed by atoms with Gasteiger partial charge in [0.05, 0.1) is 5.52 Å². The quantitative estimate of drug-likeness (QED) is 0.347. The molecule has 5 nitrogen and oxygen atoms in total. The molecule has 2 heterocycles. The highest BCUT2D eigenvalue weighted by atomic mass is 32.2. The van der Waals surface area contributed by atoms with Crippen LogP contribution in [0.2, 0.25) is 0 Å². The normalized spacial score (nSPS) is 15.6. The Kier molecular flexibility index (Phi) is 4.65. The summed E-state index contributed by atoms with van der Waals surface area (Å²) in [5.41, 5.74) is 3.47. The molecule has 5 aromatic rings. The van der Waals surface area contributed by atoms with E-state index in [-0.39, 0.29) is 12.1 Å². The minimum atomic E-state index is -0.289. The molecule has 32 heavy (non-hydrogen) atoms. The van der Waals surface area contributed by atoms with Crippen molar-refractivity contribution in [2.45, 2.75) is 11.1 Å². The Bertz CT molecular complexity index is 1460. The molecule has 6 heteroatoms. The minimum absolute atomic E-state index is 0.0456. The summed E-state index contributed by atoms with van der Waals surface area (Å²) in [6.45, 7) is 0.615. The zero-order chi connectivity index (χ0) is 21.5. The van der Waals surface area contributed by atoms with E-state index in [1.54, 1.807) is 11.8 Å². The topological polar surface area (TPSA) is 51.0 Å². The van der Waals surface area contributed by atoms with Crippen LogP contribution in [0.5, 0.6) is 0 Å². The van der Waals surface area contributed by atoms with Crippen molar-refractivity contribution in [1.29, 1.82) is 0 Å². The van der Waals surface area contributed by atoms with Gasteiger partial charge in [0.15, 0.2) is 6.17 Å². The molecule has 1 aliphatic rings. The summed E-state index contributed by atoms with van der Waals surface area (Å²) < 4.78 is 1.87. The summed E-state index contributed by atoms with van der Waals surface area (Å²) in [7, 11) is 0. The molecule has 1 unspecified atom stereocenters. The fourth-order valence-corrected chi connectivity index (χ4v) is 5.32. The van der Waals surface area contributed by atoms with Crippen molar-refractivity contribution in [3.8, 4) is 0 Å². The van der Waals surface area contributed by atoms with Crippen LogP contribution in [-0.4, -0.2) is 38.1 Å². The molecule has 1 aromatic heterocycles. The van der Waals surface area contributed by atoms with Crippen LogP contribution in [0.3, 0.4) is 0 Å². The molecule has 1 amide bonds. The van der Waals surface area contributed by atoms with Gasteiger partial charge in [-0.05, 0) is 41.1 Å². The molecule has 0 saturated heterocycles. The zero-order valence-electron chi connectivity index (χ0n) is 17.3. The van der Waals surface area contributed by atoms with Gasteiger partial charge in [0.25, 0.3) is 5.91 Å². The van der Waals surface area contributed by atoms with Crippen LogP contribution in [0.15, 0.2) is 95.9 Å². The van der Waals surface area contributed by atoms with Gasteiger partial charge in [0.2, 0.25) is 0 Å². The fraction of sp³-hybridized carbons (Fsp3) is 0.115. The highest BCUT2D eigenvalue weighted by molar-refractivity contribution is 7.99. The first kappa shape index (κ1) is 19.1. The Morgan fingerprint density at radius 1 is 0.844 bits per heavy atom. The Balaban J connectivity index is 1.30. The average Bonchev–Trinajstić information content (AvgIpc) is 3.38. The molecule has 0 fully saturated rings. The number of fused-ring (bicyclic) bond motifs is 3. The van der Waals surface area contributed by atoms with Gasteiger partial charge < -0.3 is 4.90 Å². The SMILES string of the molecule is O=C1c2ccccc2C(n2nnc3ccccc32)N1CCSc1ccc2ccccc2c1. The predicted molar refractivity (Wildman–Crippen MR) is 128 cm³/mol. The summed E-state index contributed by atoms with van der Waals surface area (Å²) >= 11 is 1.77. The van der Waals surface area contributed by atoms with Gasteiger partial charge in [-0.25, -0.2) is 4.68 Å². The smallest absolute Gasteiger partial charge is 0.256 e. The maximum atomic E-state index is 13.3. The number of rotatable bonds is 5. The second-order valence-electron chi connectivity index (χ2n) is 7.84. The number of benzene rings is 4. The van der Waals surface area contributed by atoms with Crippen LogP contribution in [-0.2, 0) is 0 Å². The van der Waals surface area contributed by atoms with E-state index < -0.39 is 0 Å². The maximum Gasteiger partial charge on any atom is 0.256 e. The third-order valence-corrected chi connectivity index (χ3v) is 6.93. The number of carbonyl (C=O) groups is 1. The number of nitrogens with zero attached hydrogens (tertiary/aromatic N) is 4. The van der Waals surface area contributed by atoms with Crippen molar-refractivity contribution in [3.63, 3.8) is 0 Å². The standard InChI is InChI=1S/C26H20N4OS/c31-26-22-10-4-3-9-21(22)25(30-24-12-6-5-11-23(24)27-28-30)29(26)15-16-32-20-14-13-18-7-1-2-8-19(18)17-20/h1-14,17,25H,15-16H2. The number of hydrogen-bond donors (Lipinski definition) is 0. The van der Waals surface area contributed by atoms with Gasteiger partial charge in [-0.1, -0.05) is 65.9 Å². The van der Waals surface area contributed by atoms with Crippen molar-refractivity contribution < 1.29 is 4.79 Å². The molecule has 0 saturated carbocycles. The Hall–Kier alpha value is -3.64. The van der Waals surface area contributed by atoms with Gasteiger partial charge in [0.1, 0.15) is 5.52 Å². The van der Waals surface area contributed by atoms with E-state index in [0.29, 0.717) is 6.54 Å². The number of carbonyl (C=O) groups excluding carboxylic acids is 1. The highest BCUT2D eigenvalue weighted by Gasteiger charge is 2.38. The molecule has 1 aliphatic heterocycles. The van der Waals surface area contributed by atoms with Crippen LogP contribution in [0.1, 0.15) is 22.1 Å². The number of amides is 1. The minimum Gasteiger partial charge on any atom is -0.311 e. The summed E-state index contributed by atoms with van der Waals surface area (Å²) in [4.78, 5) is 16.4. The molecule has 0 bridgehead atoms. The van der Waals surface area contributed by atoms with E-state index in [1.165, 1.54) is 15.7 Å². The number of para-hydroxylation sites is 1. The highest BCUT2D eigenvalue weighted by Crippen LogP contribution is 2.36. The third-order valence-electron chi connectivity index (χ3n) is 5.96. The Labute approximate surface area is 189 Å². The lowest BCUT2D eigenvalue weighted by atomic mass is 10.1. The first-order valence-corrected chi connectivity index (χ1v) is 11.6. The summed E-state index contributed by atoms with van der Waals surface area (Å²) in [5.74, 6) is 0.838. The van der Waals surface area contributed by atoms with Crippen LogP contribution >= 0.6 is 11.8 Å². The monoisotopic (exact) mass is 436 g/mol. The first-order valence-electron chi connectivity index (χ1n) is 10.6. The Morgan fingerprint density at radius 3 is 2.56 bits per heavy atom. The molecular formula is C26H20N4OS. The summed E-state index contributed by atoms with van der Waals surface area (Å²) in [6.07, 6.45) is -0.289. The van der Waals surface area contributed by atoms with Crippen molar-refractivity contribution in [2.75, 3.05) is 12.3 Å². The fourth-order valence-electron chi connectivity index (χ4n) is 4.42. The largest absolute Gasteiger partial charge is 0.311 e. The molecule has 0 N–H and O–H groups in total. The first-order chi connectivity index (χ1) is 15.8. The second-order valence-corrected chi connectivity index (χ2v) is 9.01. The maximum absolute atomic E-state index is 13.3. The molecule has 4 aromatic carbocycles. The molecule has 1 atom stereocenters. The predicted octanol–water partition coefficient (Wildman–Crippen LogP) is 5.38. The van der Waals surface area contributed by atoms with Crippen molar-refractivity contribution >= 4 is 39.5 Å². The number of hydrogen-bond acceptors (Lipinski definition) is 4. The third kappa shape index (κ3) is 3.15. The average molecular weight is 437 g/mol. The van der Waals surface area contributed by atoms with Crippen molar-refractivity contribution in [2.24, 2.45) is 0 Å². The lowest BCUT2D eigenvalue weighted by Gasteiger charge is -2.25. The molecular weight excluding hydrogens is 416 g/mol. The lowest BCUT2D eigenvalue weighted by molar-refractivity contribution is 0.0706. The van der Waals surface area contributed by atoms with Crippen LogP contribution in [0.4, 0.5) is 0 Å². The Morgan fingerprint density at radius 2 is 1.62 bits per heavy atom. The molecule has 156 valence electrons. The molecule has 0 radical (unpaired) electrons. The summed E-state index contributed by atoms with van der Waals surface area (Å²) in [5, 5.41) is 11.2. The van der Waals surface area contributed by atoms with Crippen LogP contribution < -0.4 is 0 Å². The van der Waals surface area contributed by atoms with E-state index in [0.717, 1.165) is 27.9 Å². The van der Waals surface area contributed by atoms with Gasteiger partial charge >= 0.3 is 0 Å². The second kappa shape index (κ2) is 7.80. The zero-order valence-corrected chi connectivity index (χ0v) is 18.1. The molecule has 0 aliphatic carbocycles. The van der Waals surface area contributed by atoms with Crippen molar-refractivity contribution in [1.82, 2.24) is 19.9 Å². The van der Waals surface area contributed by atoms with E-state index in [9.17, 15) is 4.79 Å². The lowest BCUT2D eigenvalue weighted by Crippen LogP contribution is -2.34. The van der Waals surface area contributed by atoms with E-state index in [1.807, 2.05) is 58.1 Å². The summed E-state index contributed by atoms with van der Waals surface area (Å²) in [6, 6.07) is 30.6. The van der Waals surface area contributed by atoms with Crippen molar-refractivity contribution in [3.05, 3.63) is 102 Å². The van der Waals surface area contributed by atoms with Gasteiger partial charge in [0, 0.05) is 28.3 Å². The van der Waals surface area contributed by atoms with Gasteiger partial charge in [-0.15, -0.1) is 16.9 Å². The molecule has 6 rings (SSSR count). The number of thioether (sulfide) groups is 1. The van der Waals surface area contributed by atoms with Gasteiger partial charge in [-0.2, -0.15) is 0 Å². The van der Waals surface area contributed by atoms with E-state index in [4.69, 9.17) is 0 Å². The van der Waals surface area contributed by atoms with E-state index in [2.05, 4.69) is 52.8 Å². The van der Waals surface area contributed by atoms with Crippen LogP contribution in [0, 0.1) is 0 Å². The number of aromatic nitrogens is 3. The van der Waals surface area contributed by atoms with Gasteiger partial charge in [-0.3, -0.25) is 4.79 Å².